The minimum Gasteiger partial charge on any atom is -0.481 e. The van der Waals surface area contributed by atoms with E-state index in [-0.39, 0.29) is 13.0 Å². The molecule has 0 rings (SSSR count). The van der Waals surface area contributed by atoms with Gasteiger partial charge in [-0.3, -0.25) is 9.59 Å². The summed E-state index contributed by atoms with van der Waals surface area (Å²) in [5.41, 5.74) is 4.97. The normalized spacial score (nSPS) is 14.4. The van der Waals surface area contributed by atoms with Crippen molar-refractivity contribution in [2.45, 2.75) is 46.2 Å². The largest absolute Gasteiger partial charge is 0.481 e. The van der Waals surface area contributed by atoms with Gasteiger partial charge in [0.25, 0.3) is 0 Å². The Balaban J connectivity index is 4.72. The Morgan fingerprint density at radius 3 is 2.21 bits per heavy atom. The molecule has 0 fully saturated rings. The maximum atomic E-state index is 11.8. The fourth-order valence-electron chi connectivity index (χ4n) is 1.35. The van der Waals surface area contributed by atoms with Crippen LogP contribution in [-0.4, -0.2) is 41.6 Å². The van der Waals surface area contributed by atoms with Crippen LogP contribution >= 0.6 is 0 Å². The van der Waals surface area contributed by atoms with Gasteiger partial charge in [-0.25, -0.2) is 4.79 Å². The van der Waals surface area contributed by atoms with Gasteiger partial charge < -0.3 is 20.9 Å². The molecule has 0 heterocycles. The SMILES string of the molecule is CCOC(=O)C(N)C(=O)NC(CC(=O)O)C(C)(C)C. The molecule has 0 aliphatic heterocycles. The number of amides is 1. The fourth-order valence-corrected chi connectivity index (χ4v) is 1.35. The Morgan fingerprint density at radius 1 is 1.32 bits per heavy atom. The summed E-state index contributed by atoms with van der Waals surface area (Å²) in [5, 5.41) is 11.3. The first-order chi connectivity index (χ1) is 8.59. The van der Waals surface area contributed by atoms with Crippen LogP contribution < -0.4 is 11.1 Å². The molecule has 0 saturated heterocycles. The second-order valence-electron chi connectivity index (χ2n) is 5.25. The summed E-state index contributed by atoms with van der Waals surface area (Å²) in [6.07, 6.45) is -0.245. The van der Waals surface area contributed by atoms with Crippen molar-refractivity contribution >= 4 is 17.8 Å². The topological polar surface area (TPSA) is 119 Å². The first kappa shape index (κ1) is 17.4. The molecule has 110 valence electrons. The molecule has 0 aliphatic carbocycles. The van der Waals surface area contributed by atoms with Gasteiger partial charge in [-0.2, -0.15) is 0 Å². The highest BCUT2D eigenvalue weighted by atomic mass is 16.5. The molecule has 7 heteroatoms. The first-order valence-corrected chi connectivity index (χ1v) is 6.04. The van der Waals surface area contributed by atoms with E-state index in [2.05, 4.69) is 10.1 Å². The molecule has 7 nitrogen and oxygen atoms in total. The molecule has 0 bridgehead atoms. The molecular weight excluding hydrogens is 252 g/mol. The maximum absolute atomic E-state index is 11.8. The van der Waals surface area contributed by atoms with Gasteiger partial charge in [0.1, 0.15) is 0 Å². The minimum atomic E-state index is -1.45. The fraction of sp³-hybridized carbons (Fsp3) is 0.750. The van der Waals surface area contributed by atoms with Crippen LogP contribution in [-0.2, 0) is 19.1 Å². The summed E-state index contributed by atoms with van der Waals surface area (Å²) in [4.78, 5) is 33.9. The molecule has 0 saturated carbocycles. The van der Waals surface area contributed by atoms with Crippen LogP contribution in [0.4, 0.5) is 0 Å². The standard InChI is InChI=1S/C12H22N2O5/c1-5-19-11(18)9(13)10(17)14-7(6-8(15)16)12(2,3)4/h7,9H,5-6,13H2,1-4H3,(H,14,17)(H,15,16). The Bertz CT molecular complexity index is 349. The van der Waals surface area contributed by atoms with E-state index >= 15 is 0 Å². The number of aliphatic carboxylic acids is 1. The molecule has 0 aromatic rings. The number of hydrogen-bond acceptors (Lipinski definition) is 5. The molecule has 0 aromatic carbocycles. The van der Waals surface area contributed by atoms with E-state index in [4.69, 9.17) is 10.8 Å². The van der Waals surface area contributed by atoms with Gasteiger partial charge in [-0.1, -0.05) is 20.8 Å². The van der Waals surface area contributed by atoms with Crippen molar-refractivity contribution in [1.82, 2.24) is 5.32 Å². The lowest BCUT2D eigenvalue weighted by Crippen LogP contribution is -2.53. The monoisotopic (exact) mass is 274 g/mol. The lowest BCUT2D eigenvalue weighted by atomic mass is 9.84. The molecule has 0 aliphatic rings. The predicted octanol–water partition coefficient (Wildman–Crippen LogP) is -0.118. The minimum absolute atomic E-state index is 0.123. The summed E-state index contributed by atoms with van der Waals surface area (Å²) in [6.45, 7) is 7.09. The lowest BCUT2D eigenvalue weighted by molar-refractivity contribution is -0.148. The van der Waals surface area contributed by atoms with E-state index in [1.807, 2.05) is 0 Å². The molecule has 0 spiro atoms. The Morgan fingerprint density at radius 2 is 1.84 bits per heavy atom. The van der Waals surface area contributed by atoms with Gasteiger partial charge in [0.15, 0.2) is 6.04 Å². The molecule has 2 atom stereocenters. The number of rotatable bonds is 6. The highest BCUT2D eigenvalue weighted by molar-refractivity contribution is 6.01. The third-order valence-electron chi connectivity index (χ3n) is 2.56. The van der Waals surface area contributed by atoms with Crippen LogP contribution in [0.2, 0.25) is 0 Å². The van der Waals surface area contributed by atoms with Crippen LogP contribution in [0.5, 0.6) is 0 Å². The number of carbonyl (C=O) groups is 3. The summed E-state index contributed by atoms with van der Waals surface area (Å²) >= 11 is 0. The number of esters is 1. The highest BCUT2D eigenvalue weighted by Gasteiger charge is 2.32. The highest BCUT2D eigenvalue weighted by Crippen LogP contribution is 2.21. The van der Waals surface area contributed by atoms with Crippen molar-refractivity contribution in [3.63, 3.8) is 0 Å². The maximum Gasteiger partial charge on any atom is 0.332 e. The van der Waals surface area contributed by atoms with E-state index in [1.54, 1.807) is 27.7 Å². The van der Waals surface area contributed by atoms with Gasteiger partial charge in [0.2, 0.25) is 5.91 Å². The van der Waals surface area contributed by atoms with Gasteiger partial charge >= 0.3 is 11.9 Å². The van der Waals surface area contributed by atoms with Crippen LogP contribution in [0.1, 0.15) is 34.1 Å². The van der Waals surface area contributed by atoms with Crippen molar-refractivity contribution in [1.29, 1.82) is 0 Å². The molecular formula is C12H22N2O5. The number of ether oxygens (including phenoxy) is 1. The Kier molecular flexibility index (Phi) is 6.47. The summed E-state index contributed by atoms with van der Waals surface area (Å²) in [7, 11) is 0. The molecule has 1 amide bonds. The Hall–Kier alpha value is -1.63. The third kappa shape index (κ3) is 6.19. The zero-order valence-corrected chi connectivity index (χ0v) is 11.7. The van der Waals surface area contributed by atoms with Gasteiger partial charge in [0, 0.05) is 6.04 Å². The van der Waals surface area contributed by atoms with Crippen molar-refractivity contribution in [3.8, 4) is 0 Å². The van der Waals surface area contributed by atoms with E-state index < -0.39 is 35.3 Å². The molecule has 0 radical (unpaired) electrons. The van der Waals surface area contributed by atoms with Gasteiger partial charge in [-0.15, -0.1) is 0 Å². The van der Waals surface area contributed by atoms with E-state index in [0.29, 0.717) is 0 Å². The zero-order chi connectivity index (χ0) is 15.2. The van der Waals surface area contributed by atoms with Crippen molar-refractivity contribution in [2.24, 2.45) is 11.1 Å². The molecule has 19 heavy (non-hydrogen) atoms. The van der Waals surface area contributed by atoms with Crippen molar-refractivity contribution in [3.05, 3.63) is 0 Å². The zero-order valence-electron chi connectivity index (χ0n) is 11.7. The molecule has 2 unspecified atom stereocenters. The average molecular weight is 274 g/mol. The summed E-state index contributed by atoms with van der Waals surface area (Å²) in [6, 6.07) is -2.07. The van der Waals surface area contributed by atoms with Crippen LogP contribution in [0.3, 0.4) is 0 Å². The quantitative estimate of drug-likeness (QED) is 0.459. The second-order valence-corrected chi connectivity index (χ2v) is 5.25. The first-order valence-electron chi connectivity index (χ1n) is 6.04. The van der Waals surface area contributed by atoms with E-state index in [9.17, 15) is 14.4 Å². The number of carboxylic acid groups (broad SMARTS) is 1. The van der Waals surface area contributed by atoms with Gasteiger partial charge in [-0.05, 0) is 12.3 Å². The second kappa shape index (κ2) is 7.08. The Labute approximate surface area is 112 Å². The predicted molar refractivity (Wildman–Crippen MR) is 68.2 cm³/mol. The molecule has 4 N–H and O–H groups in total. The van der Waals surface area contributed by atoms with Crippen molar-refractivity contribution in [2.75, 3.05) is 6.61 Å². The van der Waals surface area contributed by atoms with E-state index in [1.165, 1.54) is 0 Å². The van der Waals surface area contributed by atoms with Crippen LogP contribution in [0.15, 0.2) is 0 Å². The van der Waals surface area contributed by atoms with Crippen LogP contribution in [0, 0.1) is 5.41 Å². The van der Waals surface area contributed by atoms with Crippen LogP contribution in [0.25, 0.3) is 0 Å². The summed E-state index contributed by atoms with van der Waals surface area (Å²) in [5.74, 6) is -2.60. The third-order valence-corrected chi connectivity index (χ3v) is 2.56. The smallest absolute Gasteiger partial charge is 0.332 e. The van der Waals surface area contributed by atoms with Gasteiger partial charge in [0.05, 0.1) is 13.0 Å². The summed E-state index contributed by atoms with van der Waals surface area (Å²) < 4.78 is 4.63. The number of nitrogens with two attached hydrogens (primary N) is 1. The number of carboxylic acids is 1. The number of nitrogens with one attached hydrogen (secondary N) is 1. The lowest BCUT2D eigenvalue weighted by Gasteiger charge is -2.31. The number of carbonyl (C=O) groups excluding carboxylic acids is 2. The molecule has 0 aromatic heterocycles. The number of hydrogen-bond donors (Lipinski definition) is 3. The van der Waals surface area contributed by atoms with Crippen molar-refractivity contribution < 1.29 is 24.2 Å². The average Bonchev–Trinajstić information content (AvgIpc) is 2.25. The van der Waals surface area contributed by atoms with E-state index in [0.717, 1.165) is 0 Å².